The zero-order chi connectivity index (χ0) is 30.8. The van der Waals surface area contributed by atoms with E-state index in [9.17, 15) is 34.9 Å². The van der Waals surface area contributed by atoms with Crippen molar-refractivity contribution in [3.63, 3.8) is 0 Å². The molecule has 0 amide bonds. The molecule has 0 fully saturated rings. The molecule has 0 spiro atoms. The van der Waals surface area contributed by atoms with E-state index >= 15 is 0 Å². The summed E-state index contributed by atoms with van der Waals surface area (Å²) in [7, 11) is 2.71. The maximum absolute atomic E-state index is 11.7. The molecule has 0 aliphatic carbocycles. The van der Waals surface area contributed by atoms with Crippen LogP contribution in [-0.4, -0.2) is 46.2 Å². The van der Waals surface area contributed by atoms with Gasteiger partial charge in [0.15, 0.2) is 0 Å². The molecule has 0 saturated carbocycles. The molecule has 0 saturated heterocycles. The van der Waals surface area contributed by atoms with E-state index in [1.165, 1.54) is 87.0 Å². The van der Waals surface area contributed by atoms with Crippen LogP contribution < -0.4 is 14.2 Å². The smallest absolute Gasteiger partial charge is 0.341 e. The number of esters is 1. The lowest BCUT2D eigenvalue weighted by Gasteiger charge is -2.10. The number of hydrogen-bond acceptors (Lipinski definition) is 11. The van der Waals surface area contributed by atoms with E-state index in [1.54, 1.807) is 12.1 Å². The third-order valence-corrected chi connectivity index (χ3v) is 5.34. The fourth-order valence-corrected chi connectivity index (χ4v) is 3.31. The number of aromatic carboxylic acids is 1. The molecular formula is C28H22N2O12. The number of carboxylic acids is 1. The summed E-state index contributed by atoms with van der Waals surface area (Å²) in [6.07, 6.45) is 0. The molecule has 42 heavy (non-hydrogen) atoms. The van der Waals surface area contributed by atoms with Crippen LogP contribution in [0, 0.1) is 20.2 Å². The highest BCUT2D eigenvalue weighted by molar-refractivity contribution is 5.93. The van der Waals surface area contributed by atoms with Gasteiger partial charge < -0.3 is 29.2 Å². The summed E-state index contributed by atoms with van der Waals surface area (Å²) in [6, 6.07) is 19.4. The number of phenols is 1. The van der Waals surface area contributed by atoms with Crippen molar-refractivity contribution in [3.05, 3.63) is 116 Å². The Balaban J connectivity index is 0.000000231. The van der Waals surface area contributed by atoms with Gasteiger partial charge in [0.25, 0.3) is 11.4 Å². The molecule has 0 aromatic heterocycles. The Labute approximate surface area is 237 Å². The maximum atomic E-state index is 11.7. The van der Waals surface area contributed by atoms with Crippen molar-refractivity contribution in [1.82, 2.24) is 0 Å². The predicted molar refractivity (Wildman–Crippen MR) is 146 cm³/mol. The standard InChI is InChI=1S/C15H13NO6.C13H9NO6/c1-20-14-8-7-12(9-13(14)15(17)21-2)22-11-5-3-10(4-6-11)16(18)19;15-12-6-5-10(7-11(12)13(16)17)20-9-3-1-8(2-4-9)14(18)19/h3-9H,1-2H3;1-7,15H,(H,16,17). The van der Waals surface area contributed by atoms with Crippen molar-refractivity contribution in [1.29, 1.82) is 0 Å². The second-order valence-electron chi connectivity index (χ2n) is 8.04. The second kappa shape index (κ2) is 13.7. The Morgan fingerprint density at radius 1 is 0.667 bits per heavy atom. The minimum Gasteiger partial charge on any atom is -0.507 e. The minimum atomic E-state index is -1.28. The van der Waals surface area contributed by atoms with Crippen molar-refractivity contribution < 1.29 is 48.6 Å². The Kier molecular flexibility index (Phi) is 9.94. The van der Waals surface area contributed by atoms with Gasteiger partial charge in [0.05, 0.1) is 24.1 Å². The number of aromatic hydroxyl groups is 1. The highest BCUT2D eigenvalue weighted by Crippen LogP contribution is 2.30. The fraction of sp³-hybridized carbons (Fsp3) is 0.0714. The summed E-state index contributed by atoms with van der Waals surface area (Å²) in [5, 5.41) is 39.3. The number of carbonyl (C=O) groups excluding carboxylic acids is 1. The first-order chi connectivity index (χ1) is 20.0. The summed E-state index contributed by atoms with van der Waals surface area (Å²) in [6.45, 7) is 0. The van der Waals surface area contributed by atoms with E-state index < -0.39 is 21.8 Å². The lowest BCUT2D eigenvalue weighted by Crippen LogP contribution is -2.04. The van der Waals surface area contributed by atoms with Gasteiger partial charge in [-0.05, 0) is 60.7 Å². The molecule has 4 aromatic rings. The molecule has 4 rings (SSSR count). The van der Waals surface area contributed by atoms with Crippen molar-refractivity contribution in [2.75, 3.05) is 14.2 Å². The fourth-order valence-electron chi connectivity index (χ4n) is 3.31. The van der Waals surface area contributed by atoms with E-state index in [0.717, 1.165) is 0 Å². The van der Waals surface area contributed by atoms with E-state index in [4.69, 9.17) is 19.3 Å². The van der Waals surface area contributed by atoms with E-state index in [-0.39, 0.29) is 34.0 Å². The molecule has 14 heteroatoms. The summed E-state index contributed by atoms with van der Waals surface area (Å²) in [4.78, 5) is 42.6. The summed E-state index contributed by atoms with van der Waals surface area (Å²) in [5.74, 6) is -0.521. The normalized spacial score (nSPS) is 9.95. The van der Waals surface area contributed by atoms with E-state index in [1.807, 2.05) is 0 Å². The highest BCUT2D eigenvalue weighted by atomic mass is 16.6. The zero-order valence-electron chi connectivity index (χ0n) is 22.0. The maximum Gasteiger partial charge on any atom is 0.341 e. The predicted octanol–water partition coefficient (Wildman–Crippen LogP) is 5.97. The largest absolute Gasteiger partial charge is 0.507 e. The quantitative estimate of drug-likeness (QED) is 0.134. The van der Waals surface area contributed by atoms with Crippen molar-refractivity contribution >= 4 is 23.3 Å². The Bertz CT molecular complexity index is 1600. The van der Waals surface area contributed by atoms with Crippen LogP contribution in [0.5, 0.6) is 34.5 Å². The number of ether oxygens (including phenoxy) is 4. The second-order valence-corrected chi connectivity index (χ2v) is 8.04. The van der Waals surface area contributed by atoms with Crippen LogP contribution in [-0.2, 0) is 4.74 Å². The summed E-state index contributed by atoms with van der Waals surface area (Å²) < 4.78 is 20.7. The van der Waals surface area contributed by atoms with Crippen LogP contribution in [0.15, 0.2) is 84.9 Å². The number of nitro benzene ring substituents is 2. The Morgan fingerprint density at radius 3 is 1.50 bits per heavy atom. The van der Waals surface area contributed by atoms with Crippen LogP contribution in [0.2, 0.25) is 0 Å². The van der Waals surface area contributed by atoms with Crippen LogP contribution in [0.25, 0.3) is 0 Å². The average Bonchev–Trinajstić information content (AvgIpc) is 2.98. The lowest BCUT2D eigenvalue weighted by atomic mass is 10.2. The topological polar surface area (TPSA) is 198 Å². The van der Waals surface area contributed by atoms with Crippen molar-refractivity contribution in [3.8, 4) is 34.5 Å². The number of benzene rings is 4. The van der Waals surface area contributed by atoms with Crippen LogP contribution in [0.4, 0.5) is 11.4 Å². The third-order valence-electron chi connectivity index (χ3n) is 5.34. The van der Waals surface area contributed by atoms with E-state index in [2.05, 4.69) is 4.74 Å². The molecular weight excluding hydrogens is 556 g/mol. The first kappa shape index (κ1) is 30.4. The monoisotopic (exact) mass is 578 g/mol. The average molecular weight is 578 g/mol. The molecule has 2 N–H and O–H groups in total. The summed E-state index contributed by atoms with van der Waals surface area (Å²) in [5.41, 5.74) is -0.166. The number of rotatable bonds is 9. The van der Waals surface area contributed by atoms with Gasteiger partial charge >= 0.3 is 11.9 Å². The molecule has 0 radical (unpaired) electrons. The Hall–Kier alpha value is -6.18. The first-order valence-corrected chi connectivity index (χ1v) is 11.7. The molecule has 0 aliphatic heterocycles. The molecule has 4 aromatic carbocycles. The number of nitrogens with zero attached hydrogens (tertiary/aromatic N) is 2. The summed E-state index contributed by atoms with van der Waals surface area (Å²) >= 11 is 0. The number of methoxy groups -OCH3 is 2. The third kappa shape index (κ3) is 7.92. The molecule has 14 nitrogen and oxygen atoms in total. The molecule has 0 unspecified atom stereocenters. The van der Waals surface area contributed by atoms with E-state index in [0.29, 0.717) is 23.0 Å². The van der Waals surface area contributed by atoms with Crippen LogP contribution in [0.1, 0.15) is 20.7 Å². The highest BCUT2D eigenvalue weighted by Gasteiger charge is 2.15. The van der Waals surface area contributed by atoms with Gasteiger partial charge in [-0.2, -0.15) is 0 Å². The van der Waals surface area contributed by atoms with Gasteiger partial charge in [0.2, 0.25) is 0 Å². The van der Waals surface area contributed by atoms with Crippen molar-refractivity contribution in [2.45, 2.75) is 0 Å². The number of nitro groups is 2. The van der Waals surface area contributed by atoms with Gasteiger partial charge in [-0.25, -0.2) is 9.59 Å². The SMILES string of the molecule is COC(=O)c1cc(Oc2ccc([N+](=O)[O-])cc2)ccc1OC.O=C(O)c1cc(Oc2ccc([N+](=O)[O-])cc2)ccc1O. The van der Waals surface area contributed by atoms with Gasteiger partial charge in [-0.3, -0.25) is 20.2 Å². The van der Waals surface area contributed by atoms with Gasteiger partial charge in [0.1, 0.15) is 45.6 Å². The van der Waals surface area contributed by atoms with Gasteiger partial charge in [0, 0.05) is 24.3 Å². The molecule has 0 atom stereocenters. The van der Waals surface area contributed by atoms with Crippen LogP contribution >= 0.6 is 0 Å². The van der Waals surface area contributed by atoms with Gasteiger partial charge in [-0.1, -0.05) is 0 Å². The molecule has 0 bridgehead atoms. The Morgan fingerprint density at radius 2 is 1.10 bits per heavy atom. The van der Waals surface area contributed by atoms with Gasteiger partial charge in [-0.15, -0.1) is 0 Å². The molecule has 216 valence electrons. The number of carboxylic acid groups (broad SMARTS) is 1. The van der Waals surface area contributed by atoms with Crippen molar-refractivity contribution in [2.24, 2.45) is 0 Å². The molecule has 0 heterocycles. The number of non-ortho nitro benzene ring substituents is 2. The molecule has 0 aliphatic rings. The number of hydrogen-bond donors (Lipinski definition) is 2. The number of carbonyl (C=O) groups is 2. The zero-order valence-corrected chi connectivity index (χ0v) is 22.0. The minimum absolute atomic E-state index is 0.0302. The lowest BCUT2D eigenvalue weighted by molar-refractivity contribution is -0.385. The first-order valence-electron chi connectivity index (χ1n) is 11.7. The van der Waals surface area contributed by atoms with Crippen LogP contribution in [0.3, 0.4) is 0 Å².